The van der Waals surface area contributed by atoms with E-state index < -0.39 is 0 Å². The third kappa shape index (κ3) is 4.56. The second kappa shape index (κ2) is 8.77. The van der Waals surface area contributed by atoms with Gasteiger partial charge in [0.2, 0.25) is 11.7 Å². The van der Waals surface area contributed by atoms with Gasteiger partial charge in [0.1, 0.15) is 11.5 Å². The quantitative estimate of drug-likeness (QED) is 0.648. The van der Waals surface area contributed by atoms with Crippen LogP contribution in [0.15, 0.2) is 40.9 Å². The first-order chi connectivity index (χ1) is 13.9. The second-order valence-corrected chi connectivity index (χ2v) is 6.99. The fourth-order valence-corrected chi connectivity index (χ4v) is 3.01. The zero-order chi connectivity index (χ0) is 21.0. The molecule has 0 spiro atoms. The average molecular weight is 395 g/mol. The van der Waals surface area contributed by atoms with E-state index in [4.69, 9.17) is 14.0 Å². The molecule has 0 bridgehead atoms. The maximum Gasteiger partial charge on any atom is 0.251 e. The van der Waals surface area contributed by atoms with Gasteiger partial charge in [-0.05, 0) is 60.4 Å². The number of nitrogens with one attached hydrogen (secondary N) is 1. The fourth-order valence-electron chi connectivity index (χ4n) is 3.01. The van der Waals surface area contributed by atoms with Gasteiger partial charge in [0.15, 0.2) is 0 Å². The van der Waals surface area contributed by atoms with Gasteiger partial charge >= 0.3 is 0 Å². The van der Waals surface area contributed by atoms with Crippen molar-refractivity contribution in [1.29, 1.82) is 0 Å². The van der Waals surface area contributed by atoms with Gasteiger partial charge in [-0.3, -0.25) is 4.79 Å². The molecule has 0 aliphatic rings. The molecular formula is C22H25N3O4. The number of methoxy groups -OCH3 is 2. The molecule has 0 unspecified atom stereocenters. The minimum Gasteiger partial charge on any atom is -0.497 e. The molecule has 0 fully saturated rings. The van der Waals surface area contributed by atoms with Crippen LogP contribution in [0.4, 0.5) is 0 Å². The first-order valence-corrected chi connectivity index (χ1v) is 9.36. The molecule has 2 aromatic carbocycles. The Morgan fingerprint density at radius 1 is 1.14 bits per heavy atom. The number of carbonyl (C=O) groups is 1. The summed E-state index contributed by atoms with van der Waals surface area (Å²) in [5.74, 6) is 2.37. The SMILES string of the molecule is COc1ccc(-c2noc(CNC(=O)c3cc(C(C)C)c(OC)cc3C)n2)cc1. The zero-order valence-corrected chi connectivity index (χ0v) is 17.3. The van der Waals surface area contributed by atoms with E-state index >= 15 is 0 Å². The van der Waals surface area contributed by atoms with Crippen molar-refractivity contribution in [3.63, 3.8) is 0 Å². The number of hydrogen-bond acceptors (Lipinski definition) is 6. The maximum absolute atomic E-state index is 12.7. The van der Waals surface area contributed by atoms with E-state index in [1.165, 1.54) is 0 Å². The second-order valence-electron chi connectivity index (χ2n) is 6.99. The third-order valence-corrected chi connectivity index (χ3v) is 4.66. The van der Waals surface area contributed by atoms with Gasteiger partial charge in [0.25, 0.3) is 5.91 Å². The summed E-state index contributed by atoms with van der Waals surface area (Å²) in [5.41, 5.74) is 3.24. The molecule has 3 rings (SSSR count). The smallest absolute Gasteiger partial charge is 0.251 e. The molecule has 1 aromatic heterocycles. The van der Waals surface area contributed by atoms with Crippen LogP contribution in [-0.4, -0.2) is 30.3 Å². The topological polar surface area (TPSA) is 86.5 Å². The minimum atomic E-state index is -0.198. The van der Waals surface area contributed by atoms with Gasteiger partial charge in [-0.2, -0.15) is 4.98 Å². The Bertz CT molecular complexity index is 994. The van der Waals surface area contributed by atoms with Crippen molar-refractivity contribution in [3.05, 3.63) is 59.0 Å². The van der Waals surface area contributed by atoms with Crippen LogP contribution in [0.1, 0.15) is 47.1 Å². The number of hydrogen-bond donors (Lipinski definition) is 1. The molecule has 0 saturated carbocycles. The summed E-state index contributed by atoms with van der Waals surface area (Å²) in [6.07, 6.45) is 0. The van der Waals surface area contributed by atoms with Crippen LogP contribution in [0.25, 0.3) is 11.4 Å². The lowest BCUT2D eigenvalue weighted by atomic mass is 9.96. The summed E-state index contributed by atoms with van der Waals surface area (Å²) >= 11 is 0. The highest BCUT2D eigenvalue weighted by Crippen LogP contribution is 2.29. The molecule has 0 radical (unpaired) electrons. The number of aromatic nitrogens is 2. The zero-order valence-electron chi connectivity index (χ0n) is 17.3. The number of aryl methyl sites for hydroxylation is 1. The summed E-state index contributed by atoms with van der Waals surface area (Å²) in [5, 5.41) is 6.82. The molecule has 0 aliphatic carbocycles. The minimum absolute atomic E-state index is 0.143. The number of rotatable bonds is 7. The highest BCUT2D eigenvalue weighted by atomic mass is 16.5. The van der Waals surface area contributed by atoms with Gasteiger partial charge in [0, 0.05) is 11.1 Å². The molecule has 1 N–H and O–H groups in total. The van der Waals surface area contributed by atoms with Crippen LogP contribution in [0.3, 0.4) is 0 Å². The lowest BCUT2D eigenvalue weighted by molar-refractivity contribution is 0.0945. The molecule has 0 aliphatic heterocycles. The molecule has 1 amide bonds. The lowest BCUT2D eigenvalue weighted by Crippen LogP contribution is -2.24. The summed E-state index contributed by atoms with van der Waals surface area (Å²) in [7, 11) is 3.25. The molecule has 3 aromatic rings. The summed E-state index contributed by atoms with van der Waals surface area (Å²) in [4.78, 5) is 17.0. The van der Waals surface area contributed by atoms with E-state index in [0.29, 0.717) is 17.3 Å². The van der Waals surface area contributed by atoms with Gasteiger partial charge in [-0.1, -0.05) is 19.0 Å². The maximum atomic E-state index is 12.7. The van der Waals surface area contributed by atoms with E-state index in [0.717, 1.165) is 28.2 Å². The first-order valence-electron chi connectivity index (χ1n) is 9.36. The molecule has 152 valence electrons. The van der Waals surface area contributed by atoms with Crippen LogP contribution in [0.5, 0.6) is 11.5 Å². The summed E-state index contributed by atoms with van der Waals surface area (Å²) in [6.45, 7) is 6.16. The predicted octanol–water partition coefficient (Wildman–Crippen LogP) is 4.12. The predicted molar refractivity (Wildman–Crippen MR) is 109 cm³/mol. The molecule has 7 heteroatoms. The number of nitrogens with zero attached hydrogens (tertiary/aromatic N) is 2. The molecular weight excluding hydrogens is 370 g/mol. The van der Waals surface area contributed by atoms with Crippen molar-refractivity contribution in [2.45, 2.75) is 33.2 Å². The Kier molecular flexibility index (Phi) is 6.16. The van der Waals surface area contributed by atoms with Gasteiger partial charge in [0.05, 0.1) is 20.8 Å². The third-order valence-electron chi connectivity index (χ3n) is 4.66. The van der Waals surface area contributed by atoms with Crippen LogP contribution in [0, 0.1) is 6.92 Å². The van der Waals surface area contributed by atoms with Crippen LogP contribution in [0.2, 0.25) is 0 Å². The number of benzene rings is 2. The van der Waals surface area contributed by atoms with Crippen molar-refractivity contribution in [2.75, 3.05) is 14.2 Å². The fraction of sp³-hybridized carbons (Fsp3) is 0.318. The summed E-state index contributed by atoms with van der Waals surface area (Å²) in [6, 6.07) is 11.1. The average Bonchev–Trinajstić information content (AvgIpc) is 3.20. The number of carbonyl (C=O) groups excluding carboxylic acids is 1. The van der Waals surface area contributed by atoms with E-state index in [2.05, 4.69) is 29.3 Å². The van der Waals surface area contributed by atoms with Crippen LogP contribution >= 0.6 is 0 Å². The number of amides is 1. The Labute approximate surface area is 170 Å². The van der Waals surface area contributed by atoms with Crippen molar-refractivity contribution in [3.8, 4) is 22.9 Å². The molecule has 7 nitrogen and oxygen atoms in total. The number of ether oxygens (including phenoxy) is 2. The van der Waals surface area contributed by atoms with Crippen molar-refractivity contribution in [2.24, 2.45) is 0 Å². The monoisotopic (exact) mass is 395 g/mol. The highest BCUT2D eigenvalue weighted by Gasteiger charge is 2.17. The van der Waals surface area contributed by atoms with Gasteiger partial charge in [-0.15, -0.1) is 0 Å². The van der Waals surface area contributed by atoms with Crippen molar-refractivity contribution < 1.29 is 18.8 Å². The molecule has 0 atom stereocenters. The van der Waals surface area contributed by atoms with E-state index in [1.807, 2.05) is 43.3 Å². The van der Waals surface area contributed by atoms with Gasteiger partial charge < -0.3 is 19.3 Å². The van der Waals surface area contributed by atoms with Crippen molar-refractivity contribution >= 4 is 5.91 Å². The summed E-state index contributed by atoms with van der Waals surface area (Å²) < 4.78 is 15.8. The normalized spacial score (nSPS) is 10.8. The lowest BCUT2D eigenvalue weighted by Gasteiger charge is -2.15. The van der Waals surface area contributed by atoms with Crippen molar-refractivity contribution in [1.82, 2.24) is 15.5 Å². The highest BCUT2D eigenvalue weighted by molar-refractivity contribution is 5.96. The van der Waals surface area contributed by atoms with Gasteiger partial charge in [-0.25, -0.2) is 0 Å². The Balaban J connectivity index is 1.71. The largest absolute Gasteiger partial charge is 0.497 e. The van der Waals surface area contributed by atoms with E-state index in [1.54, 1.807) is 14.2 Å². The van der Waals surface area contributed by atoms with E-state index in [-0.39, 0.29) is 18.4 Å². The Morgan fingerprint density at radius 2 is 1.86 bits per heavy atom. The van der Waals surface area contributed by atoms with Crippen LogP contribution < -0.4 is 14.8 Å². The first kappa shape index (κ1) is 20.4. The Morgan fingerprint density at radius 3 is 2.48 bits per heavy atom. The molecule has 0 saturated heterocycles. The molecule has 1 heterocycles. The van der Waals surface area contributed by atoms with E-state index in [9.17, 15) is 4.79 Å². The standard InChI is InChI=1S/C22H25N3O4/c1-13(2)17-11-18(14(3)10-19(17)28-5)22(26)23-12-20-24-21(25-29-20)15-6-8-16(27-4)9-7-15/h6-11,13H,12H2,1-5H3,(H,23,26). The van der Waals surface area contributed by atoms with Crippen LogP contribution in [-0.2, 0) is 6.54 Å². The molecule has 29 heavy (non-hydrogen) atoms. The Hall–Kier alpha value is -3.35.